The van der Waals surface area contributed by atoms with E-state index < -0.39 is 33.8 Å². The van der Waals surface area contributed by atoms with Crippen LogP contribution in [0.2, 0.25) is 0 Å². The number of ether oxygens (including phenoxy) is 1. The highest BCUT2D eigenvalue weighted by Crippen LogP contribution is 2.62. The van der Waals surface area contributed by atoms with E-state index in [4.69, 9.17) is 4.74 Å². The monoisotopic (exact) mass is 630 g/mol. The van der Waals surface area contributed by atoms with Gasteiger partial charge < -0.3 is 4.74 Å². The number of allylic oxidation sites excluding steroid dienone is 4. The van der Waals surface area contributed by atoms with Gasteiger partial charge in [-0.2, -0.15) is 0 Å². The predicted octanol–water partition coefficient (Wildman–Crippen LogP) is 12.1. The van der Waals surface area contributed by atoms with Crippen LogP contribution in [0.15, 0.2) is 48.1 Å². The Morgan fingerprint density at radius 2 is 0.933 bits per heavy atom. The van der Waals surface area contributed by atoms with E-state index in [0.29, 0.717) is 11.8 Å². The lowest BCUT2D eigenvalue weighted by Crippen LogP contribution is -2.52. The lowest BCUT2D eigenvalue weighted by Gasteiger charge is -2.53. The summed E-state index contributed by atoms with van der Waals surface area (Å²) in [5.41, 5.74) is -5.42. The Kier molecular flexibility index (Phi) is 10.2. The quantitative estimate of drug-likeness (QED) is 0.191. The fraction of sp³-hybridized carbons (Fsp3) is 0.800. The van der Waals surface area contributed by atoms with E-state index in [2.05, 4.69) is 13.8 Å². The Bertz CT molecular complexity index is 1040. The van der Waals surface area contributed by atoms with Crippen LogP contribution in [0.4, 0.5) is 17.6 Å². The molecule has 0 aromatic carbocycles. The minimum absolute atomic E-state index is 0.193. The minimum Gasteiger partial charge on any atom is -0.380 e. The van der Waals surface area contributed by atoms with Crippen LogP contribution >= 0.6 is 0 Å². The number of rotatable bonds is 8. The molecule has 0 N–H and O–H groups in total. The van der Waals surface area contributed by atoms with Crippen LogP contribution < -0.4 is 0 Å². The van der Waals surface area contributed by atoms with Crippen molar-refractivity contribution < 1.29 is 22.3 Å². The van der Waals surface area contributed by atoms with Gasteiger partial charge in [-0.1, -0.05) is 90.2 Å². The van der Waals surface area contributed by atoms with Crippen LogP contribution in [-0.2, 0) is 4.74 Å². The normalized spacial score (nSPS) is 41.7. The third-order valence-corrected chi connectivity index (χ3v) is 13.7. The lowest BCUT2D eigenvalue weighted by atomic mass is 9.53. The number of hydrogen-bond donors (Lipinski definition) is 0. The average molecular weight is 631 g/mol. The van der Waals surface area contributed by atoms with Crippen molar-refractivity contribution in [2.24, 2.45) is 46.3 Å². The molecule has 0 heterocycles. The van der Waals surface area contributed by atoms with Crippen LogP contribution in [-0.4, -0.2) is 24.6 Å². The van der Waals surface area contributed by atoms with Crippen molar-refractivity contribution in [3.63, 3.8) is 0 Å². The molecule has 0 aliphatic heterocycles. The van der Waals surface area contributed by atoms with Crippen molar-refractivity contribution >= 4 is 0 Å². The van der Waals surface area contributed by atoms with E-state index in [-0.39, 0.29) is 36.9 Å². The molecule has 4 fully saturated rings. The van der Waals surface area contributed by atoms with E-state index in [1.54, 1.807) is 12.2 Å². The van der Waals surface area contributed by atoms with Gasteiger partial charge in [0, 0.05) is 22.7 Å². The summed E-state index contributed by atoms with van der Waals surface area (Å²) in [6.45, 7) is 4.93. The predicted molar refractivity (Wildman–Crippen MR) is 175 cm³/mol. The molecule has 4 atom stereocenters. The first-order valence-electron chi connectivity index (χ1n) is 18.7. The van der Waals surface area contributed by atoms with E-state index in [1.807, 2.05) is 0 Å². The number of alkyl halides is 2. The van der Waals surface area contributed by atoms with Gasteiger partial charge in [0.15, 0.2) is 11.3 Å². The van der Waals surface area contributed by atoms with E-state index in [0.717, 1.165) is 116 Å². The third kappa shape index (κ3) is 6.19. The SMILES string of the molecule is C[C@H]1CC[C@H](C2([C@@]3(F)C=C[C@@H](COC[C@@H]4C=C[C@](F)(C5([C@H]6CC[C@H](C)CC6)CCCCC5)C(F)=C4)C=C3F)CCCCC2)CC1. The fourth-order valence-corrected chi connectivity index (χ4v) is 10.9. The zero-order chi connectivity index (χ0) is 31.7. The molecule has 6 aliphatic rings. The maximum atomic E-state index is 17.0. The summed E-state index contributed by atoms with van der Waals surface area (Å²) in [4.78, 5) is 0. The van der Waals surface area contributed by atoms with E-state index >= 15 is 17.6 Å². The summed E-state index contributed by atoms with van der Waals surface area (Å²) in [5, 5.41) is 0. The molecule has 0 amide bonds. The zero-order valence-electron chi connectivity index (χ0n) is 28.0. The molecule has 0 bridgehead atoms. The van der Waals surface area contributed by atoms with Crippen molar-refractivity contribution in [3.05, 3.63) is 48.1 Å². The average Bonchev–Trinajstić information content (AvgIpc) is 3.05. The van der Waals surface area contributed by atoms with Crippen LogP contribution in [0.25, 0.3) is 0 Å². The summed E-state index contributed by atoms with van der Waals surface area (Å²) >= 11 is 0. The molecular weight excluding hydrogens is 572 g/mol. The number of hydrogen-bond acceptors (Lipinski definition) is 1. The fourth-order valence-electron chi connectivity index (χ4n) is 10.9. The summed E-state index contributed by atoms with van der Waals surface area (Å²) in [6.07, 6.45) is 26.9. The molecule has 0 spiro atoms. The van der Waals surface area contributed by atoms with Gasteiger partial charge in [-0.25, -0.2) is 17.6 Å². The van der Waals surface area contributed by atoms with E-state index in [1.165, 1.54) is 24.3 Å². The van der Waals surface area contributed by atoms with Crippen LogP contribution in [0.3, 0.4) is 0 Å². The van der Waals surface area contributed by atoms with Gasteiger partial charge in [0.2, 0.25) is 0 Å². The molecule has 45 heavy (non-hydrogen) atoms. The van der Waals surface area contributed by atoms with E-state index in [9.17, 15) is 0 Å². The van der Waals surface area contributed by atoms with Crippen molar-refractivity contribution in [3.8, 4) is 0 Å². The molecule has 1 nitrogen and oxygen atoms in total. The van der Waals surface area contributed by atoms with Crippen molar-refractivity contribution in [2.45, 2.75) is 141 Å². The van der Waals surface area contributed by atoms with Crippen LogP contribution in [0.5, 0.6) is 0 Å². The van der Waals surface area contributed by atoms with Gasteiger partial charge in [0.05, 0.1) is 13.2 Å². The van der Waals surface area contributed by atoms with Crippen molar-refractivity contribution in [2.75, 3.05) is 13.2 Å². The first kappa shape index (κ1) is 33.5. The largest absolute Gasteiger partial charge is 0.380 e. The maximum absolute atomic E-state index is 17.0. The highest BCUT2D eigenvalue weighted by atomic mass is 19.2. The Labute approximate surface area is 270 Å². The molecular formula is C40H58F4O. The third-order valence-electron chi connectivity index (χ3n) is 13.7. The molecule has 0 radical (unpaired) electrons. The van der Waals surface area contributed by atoms with Gasteiger partial charge in [0.25, 0.3) is 0 Å². The Morgan fingerprint density at radius 1 is 0.578 bits per heavy atom. The van der Waals surface area contributed by atoms with Gasteiger partial charge in [-0.05, 0) is 99.3 Å². The Balaban J connectivity index is 1.09. The molecule has 6 rings (SSSR count). The minimum atomic E-state index is -2.05. The second kappa shape index (κ2) is 13.6. The second-order valence-corrected chi connectivity index (χ2v) is 16.4. The Morgan fingerprint density at radius 3 is 1.27 bits per heavy atom. The van der Waals surface area contributed by atoms with Crippen molar-refractivity contribution in [1.82, 2.24) is 0 Å². The second-order valence-electron chi connectivity index (χ2n) is 16.4. The smallest absolute Gasteiger partial charge is 0.185 e. The summed E-state index contributed by atoms with van der Waals surface area (Å²) in [6, 6.07) is 0. The highest BCUT2D eigenvalue weighted by molar-refractivity contribution is 5.35. The van der Waals surface area contributed by atoms with Gasteiger partial charge in [0.1, 0.15) is 11.7 Å². The summed E-state index contributed by atoms with van der Waals surface area (Å²) < 4.78 is 71.7. The topological polar surface area (TPSA) is 9.23 Å². The Hall–Kier alpha value is -1.36. The standard InChI is InChI=1S/C40H58F4O/c1-29-9-13-33(14-10-29)37(19-5-3-6-20-37)39(43)23-17-31(25-35(39)41)27-45-28-32-18-24-40(44,36(42)26-32)38(21-7-4-8-22-38)34-15-11-30(2)12-16-34/h17-18,23-26,29-34H,3-16,19-22,27-28H2,1-2H3/t29-,30-,31-,32-,33-,34-,39-,40-/m1/s1. The molecule has 4 saturated carbocycles. The number of halogens is 4. The molecule has 5 heteroatoms. The van der Waals surface area contributed by atoms with Gasteiger partial charge in [-0.3, -0.25) is 0 Å². The maximum Gasteiger partial charge on any atom is 0.185 e. The van der Waals surface area contributed by atoms with Crippen LogP contribution in [0, 0.1) is 46.3 Å². The summed E-state index contributed by atoms with van der Waals surface area (Å²) in [5.74, 6) is -0.291. The van der Waals surface area contributed by atoms with Crippen LogP contribution in [0.1, 0.15) is 129 Å². The highest BCUT2D eigenvalue weighted by Gasteiger charge is 2.60. The summed E-state index contributed by atoms with van der Waals surface area (Å²) in [7, 11) is 0. The zero-order valence-corrected chi connectivity index (χ0v) is 28.0. The van der Waals surface area contributed by atoms with Gasteiger partial charge >= 0.3 is 0 Å². The molecule has 0 aromatic rings. The molecule has 0 unspecified atom stereocenters. The molecule has 0 saturated heterocycles. The first-order chi connectivity index (χ1) is 21.6. The molecule has 0 aromatic heterocycles. The van der Waals surface area contributed by atoms with Crippen molar-refractivity contribution in [1.29, 1.82) is 0 Å². The first-order valence-corrected chi connectivity index (χ1v) is 18.7. The molecule has 6 aliphatic carbocycles. The van der Waals surface area contributed by atoms with Gasteiger partial charge in [-0.15, -0.1) is 0 Å². The lowest BCUT2D eigenvalue weighted by molar-refractivity contribution is -0.0580. The molecule has 252 valence electrons.